The van der Waals surface area contributed by atoms with Crippen LogP contribution in [0.15, 0.2) is 54.6 Å². The summed E-state index contributed by atoms with van der Waals surface area (Å²) in [6.07, 6.45) is 2.33. The number of benzene rings is 2. The van der Waals surface area contributed by atoms with Gasteiger partial charge < -0.3 is 5.11 Å². The summed E-state index contributed by atoms with van der Waals surface area (Å²) in [7, 11) is 0. The Kier molecular flexibility index (Phi) is 5.32. The van der Waals surface area contributed by atoms with Crippen molar-refractivity contribution in [1.29, 1.82) is 0 Å². The lowest BCUT2D eigenvalue weighted by Crippen LogP contribution is -2.32. The Bertz CT molecular complexity index is 691. The highest BCUT2D eigenvalue weighted by molar-refractivity contribution is 6.09. The molecular formula is C20H22O3. The van der Waals surface area contributed by atoms with E-state index in [-0.39, 0.29) is 5.78 Å². The molecule has 0 aliphatic heterocycles. The SMILES string of the molecule is CCCCC(C)(C(=O)O)c1cccc(C(=O)c2ccccc2)c1. The van der Waals surface area contributed by atoms with Crippen LogP contribution in [0.5, 0.6) is 0 Å². The zero-order chi connectivity index (χ0) is 16.9. The van der Waals surface area contributed by atoms with Gasteiger partial charge >= 0.3 is 5.97 Å². The summed E-state index contributed by atoms with van der Waals surface area (Å²) in [5.41, 5.74) is 0.844. The Morgan fingerprint density at radius 1 is 1.00 bits per heavy atom. The number of hydrogen-bond donors (Lipinski definition) is 1. The van der Waals surface area contributed by atoms with Gasteiger partial charge in [-0.2, -0.15) is 0 Å². The maximum atomic E-state index is 12.6. The van der Waals surface area contributed by atoms with Gasteiger partial charge in [-0.3, -0.25) is 9.59 Å². The highest BCUT2D eigenvalue weighted by Gasteiger charge is 2.34. The Labute approximate surface area is 137 Å². The first-order valence-corrected chi connectivity index (χ1v) is 7.92. The second kappa shape index (κ2) is 7.23. The molecule has 0 saturated heterocycles. The van der Waals surface area contributed by atoms with Crippen molar-refractivity contribution in [3.05, 3.63) is 71.3 Å². The molecule has 3 nitrogen and oxygen atoms in total. The zero-order valence-electron chi connectivity index (χ0n) is 13.6. The van der Waals surface area contributed by atoms with Gasteiger partial charge in [-0.15, -0.1) is 0 Å². The maximum Gasteiger partial charge on any atom is 0.313 e. The lowest BCUT2D eigenvalue weighted by Gasteiger charge is -2.25. The summed E-state index contributed by atoms with van der Waals surface area (Å²) in [6.45, 7) is 3.77. The summed E-state index contributed by atoms with van der Waals surface area (Å²) >= 11 is 0. The third kappa shape index (κ3) is 3.67. The summed E-state index contributed by atoms with van der Waals surface area (Å²) < 4.78 is 0. The van der Waals surface area contributed by atoms with Crippen molar-refractivity contribution < 1.29 is 14.7 Å². The van der Waals surface area contributed by atoms with Gasteiger partial charge in [-0.05, 0) is 25.0 Å². The van der Waals surface area contributed by atoms with E-state index < -0.39 is 11.4 Å². The normalized spacial score (nSPS) is 13.3. The zero-order valence-corrected chi connectivity index (χ0v) is 13.6. The summed E-state index contributed by atoms with van der Waals surface area (Å²) in [5, 5.41) is 9.67. The number of hydrogen-bond acceptors (Lipinski definition) is 2. The first kappa shape index (κ1) is 16.9. The third-order valence-electron chi connectivity index (χ3n) is 4.30. The molecule has 2 aromatic carbocycles. The minimum absolute atomic E-state index is 0.0873. The van der Waals surface area contributed by atoms with Gasteiger partial charge in [0.1, 0.15) is 0 Å². The molecule has 0 fully saturated rings. The number of rotatable bonds is 7. The average molecular weight is 310 g/mol. The fourth-order valence-corrected chi connectivity index (χ4v) is 2.66. The van der Waals surface area contributed by atoms with Crippen molar-refractivity contribution in [2.75, 3.05) is 0 Å². The van der Waals surface area contributed by atoms with E-state index in [2.05, 4.69) is 0 Å². The largest absolute Gasteiger partial charge is 0.481 e. The highest BCUT2D eigenvalue weighted by Crippen LogP contribution is 2.31. The summed E-state index contributed by atoms with van der Waals surface area (Å²) in [5.74, 6) is -0.939. The molecule has 1 atom stereocenters. The molecule has 0 aromatic heterocycles. The number of carbonyl (C=O) groups excluding carboxylic acids is 1. The summed E-state index contributed by atoms with van der Waals surface area (Å²) in [6, 6.07) is 16.0. The molecule has 2 rings (SSSR count). The second-order valence-corrected chi connectivity index (χ2v) is 6.02. The fourth-order valence-electron chi connectivity index (χ4n) is 2.66. The van der Waals surface area contributed by atoms with Crippen LogP contribution in [0, 0.1) is 0 Å². The predicted molar refractivity (Wildman–Crippen MR) is 90.8 cm³/mol. The average Bonchev–Trinajstić information content (AvgIpc) is 2.59. The minimum atomic E-state index is -0.969. The standard InChI is InChI=1S/C20H22O3/c1-3-4-13-20(2,19(22)23)17-12-8-11-16(14-17)18(21)15-9-6-5-7-10-15/h5-12,14H,3-4,13H2,1-2H3,(H,22,23). The quantitative estimate of drug-likeness (QED) is 0.769. The molecule has 0 aliphatic carbocycles. The molecule has 1 unspecified atom stereocenters. The van der Waals surface area contributed by atoms with E-state index in [1.807, 2.05) is 25.1 Å². The van der Waals surface area contributed by atoms with E-state index in [0.717, 1.165) is 12.8 Å². The van der Waals surface area contributed by atoms with Crippen molar-refractivity contribution in [3.8, 4) is 0 Å². The van der Waals surface area contributed by atoms with Crippen LogP contribution in [0.3, 0.4) is 0 Å². The minimum Gasteiger partial charge on any atom is -0.481 e. The Morgan fingerprint density at radius 2 is 1.65 bits per heavy atom. The molecule has 0 aliphatic rings. The lowest BCUT2D eigenvalue weighted by atomic mass is 9.77. The van der Waals surface area contributed by atoms with Crippen LogP contribution in [-0.2, 0) is 10.2 Å². The molecule has 0 spiro atoms. The summed E-state index contributed by atoms with van der Waals surface area (Å²) in [4.78, 5) is 24.4. The van der Waals surface area contributed by atoms with Crippen molar-refractivity contribution >= 4 is 11.8 Å². The molecule has 2 aromatic rings. The van der Waals surface area contributed by atoms with E-state index in [0.29, 0.717) is 23.1 Å². The predicted octanol–water partition coefficient (Wildman–Crippen LogP) is 4.45. The molecule has 0 amide bonds. The van der Waals surface area contributed by atoms with Crippen LogP contribution in [0.4, 0.5) is 0 Å². The van der Waals surface area contributed by atoms with Crippen LogP contribution in [0.1, 0.15) is 54.6 Å². The number of ketones is 1. The van der Waals surface area contributed by atoms with E-state index >= 15 is 0 Å². The van der Waals surface area contributed by atoms with Gasteiger partial charge in [0, 0.05) is 11.1 Å². The van der Waals surface area contributed by atoms with Crippen LogP contribution < -0.4 is 0 Å². The van der Waals surface area contributed by atoms with E-state index in [9.17, 15) is 14.7 Å². The molecule has 0 bridgehead atoms. The second-order valence-electron chi connectivity index (χ2n) is 6.02. The van der Waals surface area contributed by atoms with Crippen molar-refractivity contribution in [2.24, 2.45) is 0 Å². The molecule has 23 heavy (non-hydrogen) atoms. The van der Waals surface area contributed by atoms with Gasteiger partial charge in [0.25, 0.3) is 0 Å². The van der Waals surface area contributed by atoms with E-state index in [4.69, 9.17) is 0 Å². The maximum absolute atomic E-state index is 12.6. The Balaban J connectivity index is 2.38. The highest BCUT2D eigenvalue weighted by atomic mass is 16.4. The molecule has 0 radical (unpaired) electrons. The van der Waals surface area contributed by atoms with Crippen LogP contribution >= 0.6 is 0 Å². The van der Waals surface area contributed by atoms with Crippen molar-refractivity contribution in [2.45, 2.75) is 38.5 Å². The van der Waals surface area contributed by atoms with Gasteiger partial charge in [0.15, 0.2) is 5.78 Å². The molecular weight excluding hydrogens is 288 g/mol. The first-order valence-electron chi connectivity index (χ1n) is 7.92. The lowest BCUT2D eigenvalue weighted by molar-refractivity contribution is -0.143. The topological polar surface area (TPSA) is 54.4 Å². The molecule has 1 N–H and O–H groups in total. The molecule has 3 heteroatoms. The van der Waals surface area contributed by atoms with E-state index in [1.165, 1.54) is 0 Å². The number of carboxylic acid groups (broad SMARTS) is 1. The van der Waals surface area contributed by atoms with E-state index in [1.54, 1.807) is 43.3 Å². The number of carbonyl (C=O) groups is 2. The van der Waals surface area contributed by atoms with Gasteiger partial charge in [-0.1, -0.05) is 68.3 Å². The number of aliphatic carboxylic acids is 1. The van der Waals surface area contributed by atoms with Crippen molar-refractivity contribution in [3.63, 3.8) is 0 Å². The Morgan fingerprint density at radius 3 is 2.26 bits per heavy atom. The molecule has 0 saturated carbocycles. The van der Waals surface area contributed by atoms with Gasteiger partial charge in [-0.25, -0.2) is 0 Å². The fraction of sp³-hybridized carbons (Fsp3) is 0.300. The number of unbranched alkanes of at least 4 members (excludes halogenated alkanes) is 1. The third-order valence-corrected chi connectivity index (χ3v) is 4.30. The van der Waals surface area contributed by atoms with Crippen molar-refractivity contribution in [1.82, 2.24) is 0 Å². The van der Waals surface area contributed by atoms with Crippen LogP contribution in [0.25, 0.3) is 0 Å². The first-order chi connectivity index (χ1) is 11.0. The number of carboxylic acids is 1. The van der Waals surface area contributed by atoms with Gasteiger partial charge in [0.2, 0.25) is 0 Å². The van der Waals surface area contributed by atoms with Crippen LogP contribution in [0.2, 0.25) is 0 Å². The monoisotopic (exact) mass is 310 g/mol. The van der Waals surface area contributed by atoms with Gasteiger partial charge in [0.05, 0.1) is 5.41 Å². The Hall–Kier alpha value is -2.42. The molecule has 120 valence electrons. The smallest absolute Gasteiger partial charge is 0.313 e. The van der Waals surface area contributed by atoms with Crippen LogP contribution in [-0.4, -0.2) is 16.9 Å². The molecule has 0 heterocycles.